The maximum Gasteiger partial charge on any atom is 0.217 e. The van der Waals surface area contributed by atoms with Crippen LogP contribution in [0.25, 0.3) is 0 Å². The van der Waals surface area contributed by atoms with Gasteiger partial charge in [-0.05, 0) is 47.3 Å². The molecule has 0 saturated heterocycles. The van der Waals surface area contributed by atoms with Gasteiger partial charge in [0.2, 0.25) is 4.73 Å². The standard InChI is InChI=1S/C14H14BrF2N3/c1-8-11(16)6-5-9(12(8)17)10-4-2-3-7-20-13(10)18-14(15)19-20/h5-6,10H,2-4,7H2,1H3/t10-/m0/s1. The third-order valence-electron chi connectivity index (χ3n) is 3.82. The number of aryl methyl sites for hydroxylation is 1. The largest absolute Gasteiger partial charge is 0.248 e. The molecule has 1 aliphatic rings. The highest BCUT2D eigenvalue weighted by Crippen LogP contribution is 2.34. The van der Waals surface area contributed by atoms with Gasteiger partial charge in [0.1, 0.15) is 17.5 Å². The number of rotatable bonds is 1. The van der Waals surface area contributed by atoms with Crippen LogP contribution in [0, 0.1) is 18.6 Å². The first-order chi connectivity index (χ1) is 9.58. The highest BCUT2D eigenvalue weighted by Gasteiger charge is 2.27. The maximum absolute atomic E-state index is 14.4. The van der Waals surface area contributed by atoms with Crippen molar-refractivity contribution in [2.75, 3.05) is 0 Å². The molecule has 1 aliphatic heterocycles. The van der Waals surface area contributed by atoms with E-state index in [-0.39, 0.29) is 11.5 Å². The Labute approximate surface area is 124 Å². The molecule has 6 heteroatoms. The lowest BCUT2D eigenvalue weighted by atomic mass is 9.91. The molecule has 0 bridgehead atoms. The predicted octanol–water partition coefficient (Wildman–Crippen LogP) is 3.94. The Morgan fingerprint density at radius 3 is 2.90 bits per heavy atom. The van der Waals surface area contributed by atoms with Crippen molar-refractivity contribution in [3.8, 4) is 0 Å². The minimum atomic E-state index is -0.512. The van der Waals surface area contributed by atoms with Gasteiger partial charge in [0.25, 0.3) is 0 Å². The molecular formula is C14H14BrF2N3. The zero-order chi connectivity index (χ0) is 14.3. The van der Waals surface area contributed by atoms with Crippen LogP contribution in [0.3, 0.4) is 0 Å². The predicted molar refractivity (Wildman–Crippen MR) is 74.5 cm³/mol. The Morgan fingerprint density at radius 1 is 1.30 bits per heavy atom. The zero-order valence-corrected chi connectivity index (χ0v) is 12.6. The molecule has 0 radical (unpaired) electrons. The van der Waals surface area contributed by atoms with Crippen LogP contribution in [0.5, 0.6) is 0 Å². The molecule has 1 aromatic carbocycles. The quantitative estimate of drug-likeness (QED) is 0.786. The lowest BCUT2D eigenvalue weighted by molar-refractivity contribution is 0.537. The van der Waals surface area contributed by atoms with Crippen molar-refractivity contribution in [2.45, 2.75) is 38.6 Å². The van der Waals surface area contributed by atoms with E-state index in [1.165, 1.54) is 19.1 Å². The normalized spacial score (nSPS) is 18.7. The van der Waals surface area contributed by atoms with Crippen molar-refractivity contribution < 1.29 is 8.78 Å². The van der Waals surface area contributed by atoms with Crippen LogP contribution in [0.1, 0.15) is 42.1 Å². The van der Waals surface area contributed by atoms with Gasteiger partial charge >= 0.3 is 0 Å². The first-order valence-corrected chi connectivity index (χ1v) is 7.42. The summed E-state index contributed by atoms with van der Waals surface area (Å²) in [6.07, 6.45) is 2.76. The average Bonchev–Trinajstić information content (AvgIpc) is 2.68. The van der Waals surface area contributed by atoms with Gasteiger partial charge in [0.05, 0.1) is 0 Å². The van der Waals surface area contributed by atoms with Gasteiger partial charge < -0.3 is 0 Å². The molecule has 2 aromatic rings. The van der Waals surface area contributed by atoms with Crippen LogP contribution in [0.2, 0.25) is 0 Å². The second-order valence-electron chi connectivity index (χ2n) is 5.09. The minimum absolute atomic E-state index is 0.0666. The van der Waals surface area contributed by atoms with Crippen LogP contribution in [0.15, 0.2) is 16.9 Å². The van der Waals surface area contributed by atoms with E-state index in [1.54, 1.807) is 0 Å². The minimum Gasteiger partial charge on any atom is -0.248 e. The van der Waals surface area contributed by atoms with E-state index in [1.807, 2.05) is 4.68 Å². The van der Waals surface area contributed by atoms with Crippen molar-refractivity contribution >= 4 is 15.9 Å². The number of fused-ring (bicyclic) bond motifs is 1. The molecule has 2 heterocycles. The maximum atomic E-state index is 14.4. The molecular weight excluding hydrogens is 328 g/mol. The summed E-state index contributed by atoms with van der Waals surface area (Å²) < 4.78 is 30.1. The molecule has 106 valence electrons. The fourth-order valence-corrected chi connectivity index (χ4v) is 3.11. The highest BCUT2D eigenvalue weighted by molar-refractivity contribution is 9.10. The van der Waals surface area contributed by atoms with E-state index in [4.69, 9.17) is 0 Å². The molecule has 0 saturated carbocycles. The topological polar surface area (TPSA) is 30.7 Å². The molecule has 0 amide bonds. The fraction of sp³-hybridized carbons (Fsp3) is 0.429. The summed E-state index contributed by atoms with van der Waals surface area (Å²) in [5.41, 5.74) is 0.573. The number of nitrogens with zero attached hydrogens (tertiary/aromatic N) is 3. The third kappa shape index (κ3) is 2.26. The molecule has 0 N–H and O–H groups in total. The Bertz CT molecular complexity index is 654. The van der Waals surface area contributed by atoms with Gasteiger partial charge in [0, 0.05) is 18.0 Å². The smallest absolute Gasteiger partial charge is 0.217 e. The summed E-state index contributed by atoms with van der Waals surface area (Å²) in [6, 6.07) is 2.86. The summed E-state index contributed by atoms with van der Waals surface area (Å²) in [5.74, 6) is -0.403. The third-order valence-corrected chi connectivity index (χ3v) is 4.16. The Morgan fingerprint density at radius 2 is 2.10 bits per heavy atom. The fourth-order valence-electron chi connectivity index (χ4n) is 2.73. The molecule has 1 atom stereocenters. The van der Waals surface area contributed by atoms with E-state index in [2.05, 4.69) is 26.0 Å². The van der Waals surface area contributed by atoms with Crippen LogP contribution < -0.4 is 0 Å². The van der Waals surface area contributed by atoms with Gasteiger partial charge in [-0.2, -0.15) is 0 Å². The highest BCUT2D eigenvalue weighted by atomic mass is 79.9. The molecule has 3 rings (SSSR count). The van der Waals surface area contributed by atoms with E-state index in [9.17, 15) is 8.78 Å². The number of hydrogen-bond donors (Lipinski definition) is 0. The van der Waals surface area contributed by atoms with Crippen molar-refractivity contribution in [1.82, 2.24) is 14.8 Å². The summed E-state index contributed by atoms with van der Waals surface area (Å²) in [4.78, 5) is 4.37. The van der Waals surface area contributed by atoms with Crippen LogP contribution in [-0.2, 0) is 6.54 Å². The van der Waals surface area contributed by atoms with Crippen LogP contribution >= 0.6 is 15.9 Å². The second kappa shape index (κ2) is 5.24. The molecule has 0 fully saturated rings. The van der Waals surface area contributed by atoms with Crippen molar-refractivity contribution in [3.05, 3.63) is 45.5 Å². The molecule has 0 spiro atoms. The zero-order valence-electron chi connectivity index (χ0n) is 11.0. The van der Waals surface area contributed by atoms with Gasteiger partial charge in [0.15, 0.2) is 0 Å². The van der Waals surface area contributed by atoms with Crippen LogP contribution in [0.4, 0.5) is 8.78 Å². The van der Waals surface area contributed by atoms with E-state index in [0.717, 1.165) is 31.6 Å². The summed E-state index contributed by atoms with van der Waals surface area (Å²) >= 11 is 3.27. The average molecular weight is 342 g/mol. The van der Waals surface area contributed by atoms with Gasteiger partial charge in [-0.1, -0.05) is 12.5 Å². The molecule has 1 aromatic heterocycles. The van der Waals surface area contributed by atoms with Gasteiger partial charge in [-0.25, -0.2) is 18.4 Å². The SMILES string of the molecule is Cc1c(F)ccc([C@@H]2CCCCn3nc(Br)nc32)c1F. The molecule has 3 nitrogen and oxygen atoms in total. The van der Waals surface area contributed by atoms with Crippen molar-refractivity contribution in [2.24, 2.45) is 0 Å². The van der Waals surface area contributed by atoms with Crippen molar-refractivity contribution in [1.29, 1.82) is 0 Å². The Balaban J connectivity index is 2.12. The van der Waals surface area contributed by atoms with E-state index < -0.39 is 11.6 Å². The molecule has 0 aliphatic carbocycles. The summed E-state index contributed by atoms with van der Waals surface area (Å²) in [7, 11) is 0. The number of benzene rings is 1. The van der Waals surface area contributed by atoms with Gasteiger partial charge in [-0.3, -0.25) is 0 Å². The van der Waals surface area contributed by atoms with Gasteiger partial charge in [-0.15, -0.1) is 5.10 Å². The summed E-state index contributed by atoms with van der Waals surface area (Å²) in [6.45, 7) is 2.25. The van der Waals surface area contributed by atoms with Crippen LogP contribution in [-0.4, -0.2) is 14.8 Å². The first-order valence-electron chi connectivity index (χ1n) is 6.62. The first kappa shape index (κ1) is 13.7. The molecule has 0 unspecified atom stereocenters. The monoisotopic (exact) mass is 341 g/mol. The lowest BCUT2D eigenvalue weighted by Crippen LogP contribution is -2.11. The van der Waals surface area contributed by atoms with E-state index >= 15 is 0 Å². The Hall–Kier alpha value is -1.30. The Kier molecular flexibility index (Phi) is 3.58. The summed E-state index contributed by atoms with van der Waals surface area (Å²) in [5, 5.41) is 4.28. The number of halogens is 3. The number of hydrogen-bond acceptors (Lipinski definition) is 2. The molecule has 20 heavy (non-hydrogen) atoms. The second-order valence-corrected chi connectivity index (χ2v) is 5.80. The van der Waals surface area contributed by atoms with E-state index in [0.29, 0.717) is 10.3 Å². The number of aromatic nitrogens is 3. The van der Waals surface area contributed by atoms with Crippen molar-refractivity contribution in [3.63, 3.8) is 0 Å². The lowest BCUT2D eigenvalue weighted by Gasteiger charge is -2.16.